The molecule has 3 N–H and O–H groups in total. The number of rotatable bonds is 7. The van der Waals surface area contributed by atoms with Crippen molar-refractivity contribution in [3.8, 4) is 0 Å². The number of hydrogen-bond acceptors (Lipinski definition) is 5. The number of carbonyl (C=O) groups is 4. The molecule has 4 aliphatic rings. The van der Waals surface area contributed by atoms with Crippen LogP contribution in [0.25, 0.3) is 0 Å². The van der Waals surface area contributed by atoms with Gasteiger partial charge >= 0.3 is 12.1 Å². The number of amides is 6. The molecule has 3 fully saturated rings. The standard InChI is InChI=1S/C35H47N7O4/c1-25-9-3-5-11-29(25)36-34(45)37-31(33(44)41-21-13-27(14-22-41)39-17-7-2-8-18-39)23-32(43)40-19-15-28(16-20-40)42-24-26-10-4-6-12-30(26)38-35(42)46/h3-6,9-12,27-28,31H,2,7-8,13-24H2,1H3,(H,38,46)(H2,36,37,45)/t31-/m0/s1. The molecule has 0 spiro atoms. The summed E-state index contributed by atoms with van der Waals surface area (Å²) in [5, 5.41) is 8.70. The number of carbonyl (C=O) groups excluding carboxylic acids is 4. The van der Waals surface area contributed by atoms with Crippen LogP contribution in [0.3, 0.4) is 0 Å². The molecule has 46 heavy (non-hydrogen) atoms. The number of para-hydroxylation sites is 2. The van der Waals surface area contributed by atoms with Crippen molar-refractivity contribution >= 4 is 35.3 Å². The fourth-order valence-corrected chi connectivity index (χ4v) is 7.43. The van der Waals surface area contributed by atoms with Crippen LogP contribution in [0.5, 0.6) is 0 Å². The van der Waals surface area contributed by atoms with E-state index in [0.717, 1.165) is 42.7 Å². The van der Waals surface area contributed by atoms with Crippen LogP contribution in [0.4, 0.5) is 21.0 Å². The molecular weight excluding hydrogens is 582 g/mol. The van der Waals surface area contributed by atoms with E-state index in [-0.39, 0.29) is 30.3 Å². The third-order valence-corrected chi connectivity index (χ3v) is 10.2. The topological polar surface area (TPSA) is 117 Å². The van der Waals surface area contributed by atoms with Crippen LogP contribution in [0.1, 0.15) is 62.5 Å². The van der Waals surface area contributed by atoms with Crippen molar-refractivity contribution in [1.82, 2.24) is 24.9 Å². The number of fused-ring (bicyclic) bond motifs is 1. The Morgan fingerprint density at radius 3 is 2.22 bits per heavy atom. The molecule has 6 rings (SSSR count). The first-order chi connectivity index (χ1) is 22.4. The zero-order chi connectivity index (χ0) is 32.0. The lowest BCUT2D eigenvalue weighted by Gasteiger charge is -2.41. The fraction of sp³-hybridized carbons (Fsp3) is 0.543. The molecule has 4 heterocycles. The molecule has 6 amide bonds. The van der Waals surface area contributed by atoms with Crippen LogP contribution in [0.15, 0.2) is 48.5 Å². The van der Waals surface area contributed by atoms with Crippen molar-refractivity contribution in [2.75, 3.05) is 49.9 Å². The van der Waals surface area contributed by atoms with Gasteiger partial charge in [-0.15, -0.1) is 0 Å². The monoisotopic (exact) mass is 629 g/mol. The summed E-state index contributed by atoms with van der Waals surface area (Å²) >= 11 is 0. The first-order valence-corrected chi connectivity index (χ1v) is 16.9. The number of nitrogens with zero attached hydrogens (tertiary/aromatic N) is 4. The fourth-order valence-electron chi connectivity index (χ4n) is 7.43. The largest absolute Gasteiger partial charge is 0.342 e. The lowest BCUT2D eigenvalue weighted by atomic mass is 9.98. The Hall–Kier alpha value is -4.12. The van der Waals surface area contributed by atoms with E-state index < -0.39 is 12.1 Å². The van der Waals surface area contributed by atoms with Crippen molar-refractivity contribution in [2.45, 2.75) is 83.0 Å². The quantitative estimate of drug-likeness (QED) is 0.420. The molecular formula is C35H47N7O4. The van der Waals surface area contributed by atoms with E-state index in [1.54, 1.807) is 4.90 Å². The molecule has 0 bridgehead atoms. The Labute approximate surface area is 271 Å². The average Bonchev–Trinajstić information content (AvgIpc) is 3.09. The lowest BCUT2D eigenvalue weighted by Crippen LogP contribution is -2.56. The first kappa shape index (κ1) is 31.8. The predicted octanol–water partition coefficient (Wildman–Crippen LogP) is 4.39. The molecule has 11 heteroatoms. The minimum atomic E-state index is -0.967. The number of likely N-dealkylation sites (tertiary alicyclic amines) is 3. The van der Waals surface area contributed by atoms with Gasteiger partial charge in [-0.3, -0.25) is 9.59 Å². The minimum Gasteiger partial charge on any atom is -0.342 e. The maximum absolute atomic E-state index is 13.9. The SMILES string of the molecule is Cc1ccccc1NC(=O)N[C@@H](CC(=O)N1CCC(N2Cc3ccccc3NC2=O)CC1)C(=O)N1CCC(N2CCCCC2)CC1. The van der Waals surface area contributed by atoms with Gasteiger partial charge in [0.25, 0.3) is 0 Å². The third kappa shape index (κ3) is 7.46. The summed E-state index contributed by atoms with van der Waals surface area (Å²) in [5.41, 5.74) is 3.50. The summed E-state index contributed by atoms with van der Waals surface area (Å²) in [6.45, 7) is 6.94. The molecule has 0 aliphatic carbocycles. The van der Waals surface area contributed by atoms with Crippen molar-refractivity contribution in [3.05, 3.63) is 59.7 Å². The first-order valence-electron chi connectivity index (χ1n) is 16.9. The van der Waals surface area contributed by atoms with Gasteiger partial charge in [-0.25, -0.2) is 9.59 Å². The molecule has 246 valence electrons. The normalized spacial score (nSPS) is 20.5. The number of hydrogen-bond donors (Lipinski definition) is 3. The predicted molar refractivity (Wildman–Crippen MR) is 177 cm³/mol. The van der Waals surface area contributed by atoms with Gasteiger partial charge in [-0.05, 0) is 81.8 Å². The van der Waals surface area contributed by atoms with Crippen molar-refractivity contribution in [1.29, 1.82) is 0 Å². The van der Waals surface area contributed by atoms with Crippen LogP contribution in [-0.2, 0) is 16.1 Å². The van der Waals surface area contributed by atoms with Gasteiger partial charge in [0.2, 0.25) is 11.8 Å². The summed E-state index contributed by atoms with van der Waals surface area (Å²) in [5.74, 6) is -0.367. The van der Waals surface area contributed by atoms with E-state index in [1.165, 1.54) is 19.3 Å². The minimum absolute atomic E-state index is 0.0223. The zero-order valence-corrected chi connectivity index (χ0v) is 26.9. The van der Waals surface area contributed by atoms with E-state index in [0.29, 0.717) is 57.3 Å². The number of aryl methyl sites for hydroxylation is 1. The molecule has 0 radical (unpaired) electrons. The summed E-state index contributed by atoms with van der Waals surface area (Å²) in [6.07, 6.45) is 6.79. The number of urea groups is 2. The van der Waals surface area contributed by atoms with Crippen LogP contribution < -0.4 is 16.0 Å². The highest BCUT2D eigenvalue weighted by Crippen LogP contribution is 2.28. The summed E-state index contributed by atoms with van der Waals surface area (Å²) in [4.78, 5) is 61.6. The molecule has 3 saturated heterocycles. The van der Waals surface area contributed by atoms with E-state index in [9.17, 15) is 19.2 Å². The molecule has 2 aromatic carbocycles. The van der Waals surface area contributed by atoms with E-state index in [1.807, 2.05) is 65.3 Å². The Morgan fingerprint density at radius 1 is 0.826 bits per heavy atom. The van der Waals surface area contributed by atoms with Gasteiger partial charge in [0.15, 0.2) is 0 Å². The Kier molecular flexibility index (Phi) is 10.1. The molecule has 1 atom stereocenters. The Morgan fingerprint density at radius 2 is 1.48 bits per heavy atom. The molecule has 0 aromatic heterocycles. The zero-order valence-electron chi connectivity index (χ0n) is 26.9. The second-order valence-electron chi connectivity index (χ2n) is 13.2. The van der Waals surface area contributed by atoms with Crippen LogP contribution >= 0.6 is 0 Å². The van der Waals surface area contributed by atoms with E-state index in [2.05, 4.69) is 20.9 Å². The van der Waals surface area contributed by atoms with Gasteiger partial charge in [0.1, 0.15) is 6.04 Å². The van der Waals surface area contributed by atoms with Crippen molar-refractivity contribution in [3.63, 3.8) is 0 Å². The Balaban J connectivity index is 1.07. The van der Waals surface area contributed by atoms with Gasteiger partial charge in [0, 0.05) is 56.2 Å². The van der Waals surface area contributed by atoms with Crippen LogP contribution in [0.2, 0.25) is 0 Å². The molecule has 0 saturated carbocycles. The number of anilines is 2. The van der Waals surface area contributed by atoms with Gasteiger partial charge in [-0.2, -0.15) is 0 Å². The third-order valence-electron chi connectivity index (χ3n) is 10.2. The molecule has 4 aliphatic heterocycles. The summed E-state index contributed by atoms with van der Waals surface area (Å²) < 4.78 is 0. The highest BCUT2D eigenvalue weighted by atomic mass is 16.2. The van der Waals surface area contributed by atoms with Crippen molar-refractivity contribution < 1.29 is 19.2 Å². The van der Waals surface area contributed by atoms with E-state index in [4.69, 9.17) is 0 Å². The number of nitrogens with one attached hydrogen (secondary N) is 3. The van der Waals surface area contributed by atoms with Gasteiger partial charge in [0.05, 0.1) is 6.42 Å². The van der Waals surface area contributed by atoms with Gasteiger partial charge in [-0.1, -0.05) is 42.8 Å². The molecule has 0 unspecified atom stereocenters. The van der Waals surface area contributed by atoms with Crippen LogP contribution in [-0.4, -0.2) is 101 Å². The highest BCUT2D eigenvalue weighted by molar-refractivity contribution is 5.96. The second-order valence-corrected chi connectivity index (χ2v) is 13.2. The maximum Gasteiger partial charge on any atom is 0.322 e. The second kappa shape index (κ2) is 14.5. The molecule has 11 nitrogen and oxygen atoms in total. The van der Waals surface area contributed by atoms with E-state index >= 15 is 0 Å². The highest BCUT2D eigenvalue weighted by Gasteiger charge is 2.36. The number of benzene rings is 2. The van der Waals surface area contributed by atoms with Crippen LogP contribution in [0, 0.1) is 6.92 Å². The maximum atomic E-state index is 13.9. The summed E-state index contributed by atoms with van der Waals surface area (Å²) in [7, 11) is 0. The van der Waals surface area contributed by atoms with Crippen molar-refractivity contribution in [2.24, 2.45) is 0 Å². The smallest absolute Gasteiger partial charge is 0.322 e. The number of piperidine rings is 3. The average molecular weight is 630 g/mol. The molecule has 2 aromatic rings. The summed E-state index contributed by atoms with van der Waals surface area (Å²) in [6, 6.07) is 14.2. The van der Waals surface area contributed by atoms with Gasteiger partial charge < -0.3 is 35.6 Å². The Bertz CT molecular complexity index is 1410. The lowest BCUT2D eigenvalue weighted by molar-refractivity contribution is -0.140.